The summed E-state index contributed by atoms with van der Waals surface area (Å²) in [6, 6.07) is 16.4. The molecule has 21 heavy (non-hydrogen) atoms. The van der Waals surface area contributed by atoms with Gasteiger partial charge in [-0.25, -0.2) is 0 Å². The molecule has 0 spiro atoms. The van der Waals surface area contributed by atoms with Crippen molar-refractivity contribution in [1.29, 1.82) is 0 Å². The standard InChI is InChI=1S/C18H21Cl2N/c1-13(2)10-18(14-6-4-3-5-7-14)21-12-15-11-16(19)8-9-17(15)20/h3-9,11,13,18,21H,10,12H2,1-2H3. The Bertz CT molecular complexity index is 567. The molecule has 0 saturated carbocycles. The minimum absolute atomic E-state index is 0.321. The van der Waals surface area contributed by atoms with E-state index in [2.05, 4.69) is 43.4 Å². The Labute approximate surface area is 137 Å². The minimum Gasteiger partial charge on any atom is -0.306 e. The molecule has 0 fully saturated rings. The van der Waals surface area contributed by atoms with Gasteiger partial charge in [-0.05, 0) is 41.7 Å². The van der Waals surface area contributed by atoms with Crippen molar-refractivity contribution in [3.63, 3.8) is 0 Å². The van der Waals surface area contributed by atoms with Gasteiger partial charge in [0, 0.05) is 22.6 Å². The lowest BCUT2D eigenvalue weighted by molar-refractivity contribution is 0.428. The van der Waals surface area contributed by atoms with Crippen LogP contribution in [0.2, 0.25) is 10.0 Å². The molecule has 0 saturated heterocycles. The van der Waals surface area contributed by atoms with Gasteiger partial charge in [0.2, 0.25) is 0 Å². The van der Waals surface area contributed by atoms with Crippen LogP contribution in [-0.2, 0) is 6.54 Å². The van der Waals surface area contributed by atoms with Gasteiger partial charge < -0.3 is 5.32 Å². The molecule has 0 aliphatic carbocycles. The van der Waals surface area contributed by atoms with Crippen molar-refractivity contribution >= 4 is 23.2 Å². The minimum atomic E-state index is 0.321. The molecule has 112 valence electrons. The van der Waals surface area contributed by atoms with Crippen LogP contribution in [0.4, 0.5) is 0 Å². The Morgan fingerprint density at radius 3 is 2.38 bits per heavy atom. The highest BCUT2D eigenvalue weighted by Crippen LogP contribution is 2.24. The van der Waals surface area contributed by atoms with Crippen LogP contribution in [0.1, 0.15) is 37.4 Å². The first kappa shape index (κ1) is 16.4. The zero-order valence-electron chi connectivity index (χ0n) is 12.4. The number of halogens is 2. The fraction of sp³-hybridized carbons (Fsp3) is 0.333. The molecule has 0 radical (unpaired) electrons. The van der Waals surface area contributed by atoms with Crippen LogP contribution in [-0.4, -0.2) is 0 Å². The molecule has 0 amide bonds. The fourth-order valence-electron chi connectivity index (χ4n) is 2.41. The summed E-state index contributed by atoms with van der Waals surface area (Å²) in [7, 11) is 0. The topological polar surface area (TPSA) is 12.0 Å². The lowest BCUT2D eigenvalue weighted by atomic mass is 9.97. The van der Waals surface area contributed by atoms with E-state index < -0.39 is 0 Å². The Morgan fingerprint density at radius 2 is 1.71 bits per heavy atom. The highest BCUT2D eigenvalue weighted by Gasteiger charge is 2.13. The number of benzene rings is 2. The summed E-state index contributed by atoms with van der Waals surface area (Å²) in [5, 5.41) is 5.08. The molecular weight excluding hydrogens is 301 g/mol. The molecule has 1 N–H and O–H groups in total. The molecule has 0 heterocycles. The molecule has 0 aromatic heterocycles. The molecule has 1 unspecified atom stereocenters. The molecule has 1 atom stereocenters. The summed E-state index contributed by atoms with van der Waals surface area (Å²) >= 11 is 12.3. The third-order valence-corrected chi connectivity index (χ3v) is 4.06. The SMILES string of the molecule is CC(C)CC(NCc1cc(Cl)ccc1Cl)c1ccccc1. The van der Waals surface area contributed by atoms with Crippen LogP contribution >= 0.6 is 23.2 Å². The second kappa shape index (κ2) is 7.84. The van der Waals surface area contributed by atoms with E-state index in [9.17, 15) is 0 Å². The Kier molecular flexibility index (Phi) is 6.10. The lowest BCUT2D eigenvalue weighted by Crippen LogP contribution is -2.22. The van der Waals surface area contributed by atoms with Gasteiger partial charge in [0.15, 0.2) is 0 Å². The molecule has 1 nitrogen and oxygen atoms in total. The maximum atomic E-state index is 6.23. The summed E-state index contributed by atoms with van der Waals surface area (Å²) < 4.78 is 0. The Balaban J connectivity index is 2.10. The van der Waals surface area contributed by atoms with Crippen molar-refractivity contribution in [2.45, 2.75) is 32.9 Å². The molecule has 3 heteroatoms. The summed E-state index contributed by atoms with van der Waals surface area (Å²) in [4.78, 5) is 0. The monoisotopic (exact) mass is 321 g/mol. The Hall–Kier alpha value is -1.02. The average molecular weight is 322 g/mol. The maximum Gasteiger partial charge on any atom is 0.0451 e. The highest BCUT2D eigenvalue weighted by atomic mass is 35.5. The number of hydrogen-bond acceptors (Lipinski definition) is 1. The van der Waals surface area contributed by atoms with Crippen LogP contribution in [0.5, 0.6) is 0 Å². The van der Waals surface area contributed by atoms with E-state index >= 15 is 0 Å². The first-order valence-electron chi connectivity index (χ1n) is 7.28. The summed E-state index contributed by atoms with van der Waals surface area (Å²) in [6.45, 7) is 5.19. The van der Waals surface area contributed by atoms with Gasteiger partial charge in [0.05, 0.1) is 0 Å². The van der Waals surface area contributed by atoms with Gasteiger partial charge in [-0.3, -0.25) is 0 Å². The molecule has 0 bridgehead atoms. The van der Waals surface area contributed by atoms with Crippen LogP contribution in [0.15, 0.2) is 48.5 Å². The van der Waals surface area contributed by atoms with Crippen LogP contribution in [0, 0.1) is 5.92 Å². The first-order chi connectivity index (χ1) is 10.1. The third-order valence-electron chi connectivity index (χ3n) is 3.46. The van der Waals surface area contributed by atoms with Crippen LogP contribution < -0.4 is 5.32 Å². The fourth-order valence-corrected chi connectivity index (χ4v) is 2.79. The lowest BCUT2D eigenvalue weighted by Gasteiger charge is -2.21. The van der Waals surface area contributed by atoms with Gasteiger partial charge in [-0.1, -0.05) is 67.4 Å². The second-order valence-corrected chi connectivity index (χ2v) is 6.55. The molecule has 2 rings (SSSR count). The zero-order chi connectivity index (χ0) is 15.2. The van der Waals surface area contributed by atoms with E-state index in [0.717, 1.165) is 22.0 Å². The van der Waals surface area contributed by atoms with Crippen molar-refractivity contribution in [3.8, 4) is 0 Å². The van der Waals surface area contributed by atoms with E-state index in [1.54, 1.807) is 0 Å². The van der Waals surface area contributed by atoms with Crippen molar-refractivity contribution < 1.29 is 0 Å². The first-order valence-corrected chi connectivity index (χ1v) is 8.04. The number of hydrogen-bond donors (Lipinski definition) is 1. The largest absolute Gasteiger partial charge is 0.306 e. The summed E-state index contributed by atoms with van der Waals surface area (Å²) in [5.41, 5.74) is 2.35. The van der Waals surface area contributed by atoms with Crippen LogP contribution in [0.3, 0.4) is 0 Å². The van der Waals surface area contributed by atoms with Crippen molar-refractivity contribution in [2.24, 2.45) is 5.92 Å². The van der Waals surface area contributed by atoms with Crippen molar-refractivity contribution in [1.82, 2.24) is 5.32 Å². The average Bonchev–Trinajstić information content (AvgIpc) is 2.47. The quantitative estimate of drug-likeness (QED) is 0.701. The number of nitrogens with one attached hydrogen (secondary N) is 1. The molecule has 2 aromatic carbocycles. The van der Waals surface area contributed by atoms with E-state index in [-0.39, 0.29) is 0 Å². The van der Waals surface area contributed by atoms with Gasteiger partial charge in [-0.15, -0.1) is 0 Å². The van der Waals surface area contributed by atoms with Crippen molar-refractivity contribution in [3.05, 3.63) is 69.7 Å². The van der Waals surface area contributed by atoms with Crippen molar-refractivity contribution in [2.75, 3.05) is 0 Å². The van der Waals surface area contributed by atoms with E-state index in [0.29, 0.717) is 18.5 Å². The normalized spacial score (nSPS) is 12.6. The van der Waals surface area contributed by atoms with Gasteiger partial charge >= 0.3 is 0 Å². The predicted molar refractivity (Wildman–Crippen MR) is 91.9 cm³/mol. The Morgan fingerprint density at radius 1 is 1.00 bits per heavy atom. The second-order valence-electron chi connectivity index (χ2n) is 5.71. The van der Waals surface area contributed by atoms with Crippen LogP contribution in [0.25, 0.3) is 0 Å². The number of rotatable bonds is 6. The van der Waals surface area contributed by atoms with Gasteiger partial charge in [0.1, 0.15) is 0 Å². The van der Waals surface area contributed by atoms with E-state index in [1.807, 2.05) is 24.3 Å². The zero-order valence-corrected chi connectivity index (χ0v) is 14.0. The summed E-state index contributed by atoms with van der Waals surface area (Å²) in [5.74, 6) is 0.623. The smallest absolute Gasteiger partial charge is 0.0451 e. The van der Waals surface area contributed by atoms with E-state index in [4.69, 9.17) is 23.2 Å². The third kappa shape index (κ3) is 5.03. The van der Waals surface area contributed by atoms with E-state index in [1.165, 1.54) is 5.56 Å². The predicted octanol–water partition coefficient (Wildman–Crippen LogP) is 5.87. The molecule has 0 aliphatic heterocycles. The molecular formula is C18H21Cl2N. The van der Waals surface area contributed by atoms with Gasteiger partial charge in [-0.2, -0.15) is 0 Å². The highest BCUT2D eigenvalue weighted by molar-refractivity contribution is 6.33. The molecule has 2 aromatic rings. The van der Waals surface area contributed by atoms with Gasteiger partial charge in [0.25, 0.3) is 0 Å². The molecule has 0 aliphatic rings. The maximum absolute atomic E-state index is 6.23. The summed E-state index contributed by atoms with van der Waals surface area (Å²) in [6.07, 6.45) is 1.09.